The number of aromatic nitrogens is 1. The van der Waals surface area contributed by atoms with Gasteiger partial charge in [-0.05, 0) is 38.1 Å². The Balaban J connectivity index is 2.02. The second kappa shape index (κ2) is 6.81. The van der Waals surface area contributed by atoms with E-state index in [1.165, 1.54) is 6.07 Å². The van der Waals surface area contributed by atoms with Crippen molar-refractivity contribution >= 4 is 11.3 Å². The van der Waals surface area contributed by atoms with E-state index in [0.29, 0.717) is 6.61 Å². The average Bonchev–Trinajstić information content (AvgIpc) is 2.83. The first-order valence-electron chi connectivity index (χ1n) is 6.66. The molecule has 1 heterocycles. The third-order valence-electron chi connectivity index (χ3n) is 3.01. The molecule has 0 saturated heterocycles. The first-order chi connectivity index (χ1) is 9.60. The first kappa shape index (κ1) is 14.9. The summed E-state index contributed by atoms with van der Waals surface area (Å²) in [4.78, 5) is 4.29. The maximum absolute atomic E-state index is 14.0. The van der Waals surface area contributed by atoms with E-state index in [9.17, 15) is 4.39 Å². The van der Waals surface area contributed by atoms with Crippen LogP contribution in [0.5, 0.6) is 5.75 Å². The van der Waals surface area contributed by atoms with Gasteiger partial charge in [-0.25, -0.2) is 9.37 Å². The zero-order chi connectivity index (χ0) is 14.5. The van der Waals surface area contributed by atoms with E-state index < -0.39 is 0 Å². The molecule has 1 aromatic carbocycles. The monoisotopic (exact) mass is 294 g/mol. The number of nitrogens with zero attached hydrogens (tertiary/aromatic N) is 1. The highest BCUT2D eigenvalue weighted by Gasteiger charge is 2.10. The molecule has 1 aromatic heterocycles. The van der Waals surface area contributed by atoms with E-state index in [4.69, 9.17) is 4.74 Å². The van der Waals surface area contributed by atoms with Crippen LogP contribution in [0.2, 0.25) is 0 Å². The molecule has 0 aliphatic rings. The molecule has 2 rings (SSSR count). The minimum Gasteiger partial charge on any atom is -0.484 e. The summed E-state index contributed by atoms with van der Waals surface area (Å²) in [5, 5.41) is 6.16. The second-order valence-electron chi connectivity index (χ2n) is 4.62. The van der Waals surface area contributed by atoms with Gasteiger partial charge in [-0.3, -0.25) is 0 Å². The molecule has 0 aliphatic heterocycles. The molecule has 5 heteroatoms. The van der Waals surface area contributed by atoms with Crippen molar-refractivity contribution < 1.29 is 9.13 Å². The third kappa shape index (κ3) is 3.77. The lowest BCUT2D eigenvalue weighted by Gasteiger charge is -2.14. The smallest absolute Gasteiger partial charge is 0.165 e. The van der Waals surface area contributed by atoms with Crippen molar-refractivity contribution in [2.75, 3.05) is 6.54 Å². The Morgan fingerprint density at radius 3 is 2.85 bits per heavy atom. The van der Waals surface area contributed by atoms with Crippen LogP contribution in [0.1, 0.15) is 36.2 Å². The Hall–Kier alpha value is -1.46. The molecule has 0 aliphatic carbocycles. The fourth-order valence-electron chi connectivity index (χ4n) is 1.95. The number of benzene rings is 1. The average molecular weight is 294 g/mol. The van der Waals surface area contributed by atoms with E-state index in [1.54, 1.807) is 17.4 Å². The largest absolute Gasteiger partial charge is 0.484 e. The van der Waals surface area contributed by atoms with Crippen molar-refractivity contribution in [1.29, 1.82) is 0 Å². The molecule has 0 amide bonds. The van der Waals surface area contributed by atoms with Gasteiger partial charge < -0.3 is 10.1 Å². The van der Waals surface area contributed by atoms with Crippen molar-refractivity contribution in [3.05, 3.63) is 45.7 Å². The topological polar surface area (TPSA) is 34.1 Å². The van der Waals surface area contributed by atoms with Crippen LogP contribution in [-0.4, -0.2) is 11.5 Å². The predicted molar refractivity (Wildman–Crippen MR) is 79.7 cm³/mol. The lowest BCUT2D eigenvalue weighted by atomic mass is 10.1. The molecule has 3 nitrogen and oxygen atoms in total. The maximum Gasteiger partial charge on any atom is 0.165 e. The summed E-state index contributed by atoms with van der Waals surface area (Å²) in [6.45, 7) is 7.12. The predicted octanol–water partition coefficient (Wildman–Crippen LogP) is 3.84. The Morgan fingerprint density at radius 2 is 2.25 bits per heavy atom. The van der Waals surface area contributed by atoms with Crippen molar-refractivity contribution in [3.63, 3.8) is 0 Å². The molecule has 1 atom stereocenters. The number of nitrogens with one attached hydrogen (secondary N) is 1. The normalized spacial score (nSPS) is 12.4. The van der Waals surface area contributed by atoms with Gasteiger partial charge in [0.15, 0.2) is 11.6 Å². The van der Waals surface area contributed by atoms with E-state index >= 15 is 0 Å². The summed E-state index contributed by atoms with van der Waals surface area (Å²) >= 11 is 1.56. The number of aryl methyl sites for hydroxylation is 1. The second-order valence-corrected chi connectivity index (χ2v) is 5.68. The molecular weight excluding hydrogens is 275 g/mol. The number of halogens is 1. The van der Waals surface area contributed by atoms with Gasteiger partial charge in [0.2, 0.25) is 0 Å². The Labute approximate surface area is 122 Å². The SMILES string of the molecule is CCNC(C)c1ccc(OCc2csc(C)n2)c(F)c1. The molecule has 20 heavy (non-hydrogen) atoms. The molecule has 1 N–H and O–H groups in total. The molecule has 0 saturated carbocycles. The lowest BCUT2D eigenvalue weighted by molar-refractivity contribution is 0.286. The molecule has 1 unspecified atom stereocenters. The lowest BCUT2D eigenvalue weighted by Crippen LogP contribution is -2.17. The summed E-state index contributed by atoms with van der Waals surface area (Å²) in [7, 11) is 0. The molecule has 2 aromatic rings. The minimum absolute atomic E-state index is 0.129. The summed E-state index contributed by atoms with van der Waals surface area (Å²) in [5.74, 6) is -0.0673. The van der Waals surface area contributed by atoms with Gasteiger partial charge in [0, 0.05) is 11.4 Å². The highest BCUT2D eigenvalue weighted by molar-refractivity contribution is 7.09. The van der Waals surface area contributed by atoms with E-state index in [2.05, 4.69) is 10.3 Å². The fraction of sp³-hybridized carbons (Fsp3) is 0.400. The summed E-state index contributed by atoms with van der Waals surface area (Å²) in [5.41, 5.74) is 1.75. The number of hydrogen-bond donors (Lipinski definition) is 1. The molecule has 0 spiro atoms. The van der Waals surface area contributed by atoms with Crippen LogP contribution in [0.25, 0.3) is 0 Å². The summed E-state index contributed by atoms with van der Waals surface area (Å²) in [6, 6.07) is 5.22. The molecule has 0 radical (unpaired) electrons. The van der Waals surface area contributed by atoms with E-state index in [-0.39, 0.29) is 17.6 Å². The van der Waals surface area contributed by atoms with Gasteiger partial charge in [-0.2, -0.15) is 0 Å². The highest BCUT2D eigenvalue weighted by atomic mass is 32.1. The third-order valence-corrected chi connectivity index (χ3v) is 3.83. The fourth-order valence-corrected chi connectivity index (χ4v) is 2.55. The zero-order valence-corrected chi connectivity index (χ0v) is 12.8. The quantitative estimate of drug-likeness (QED) is 0.879. The molecule has 0 fully saturated rings. The first-order valence-corrected chi connectivity index (χ1v) is 7.54. The van der Waals surface area contributed by atoms with E-state index in [0.717, 1.165) is 22.8 Å². The molecule has 108 valence electrons. The van der Waals surface area contributed by atoms with Gasteiger partial charge in [0.05, 0.1) is 10.7 Å². The van der Waals surface area contributed by atoms with Gasteiger partial charge in [0.25, 0.3) is 0 Å². The highest BCUT2D eigenvalue weighted by Crippen LogP contribution is 2.23. The van der Waals surface area contributed by atoms with Crippen LogP contribution in [-0.2, 0) is 6.61 Å². The van der Waals surface area contributed by atoms with Gasteiger partial charge >= 0.3 is 0 Å². The standard InChI is InChI=1S/C15H19FN2OS/c1-4-17-10(2)12-5-6-15(14(16)7-12)19-8-13-9-20-11(3)18-13/h5-7,9-10,17H,4,8H2,1-3H3. The zero-order valence-electron chi connectivity index (χ0n) is 11.9. The summed E-state index contributed by atoms with van der Waals surface area (Å²) < 4.78 is 19.5. The van der Waals surface area contributed by atoms with Crippen molar-refractivity contribution in [1.82, 2.24) is 10.3 Å². The number of thiazole rings is 1. The van der Waals surface area contributed by atoms with Crippen molar-refractivity contribution in [2.24, 2.45) is 0 Å². The number of rotatable bonds is 6. The Kier molecular flexibility index (Phi) is 5.09. The van der Waals surface area contributed by atoms with Crippen molar-refractivity contribution in [2.45, 2.75) is 33.4 Å². The van der Waals surface area contributed by atoms with Crippen LogP contribution in [0.4, 0.5) is 4.39 Å². The van der Waals surface area contributed by atoms with Crippen molar-refractivity contribution in [3.8, 4) is 5.75 Å². The van der Waals surface area contributed by atoms with E-state index in [1.807, 2.05) is 32.2 Å². The van der Waals surface area contributed by atoms with Crippen LogP contribution < -0.4 is 10.1 Å². The number of ether oxygens (including phenoxy) is 1. The Bertz CT molecular complexity index is 571. The van der Waals surface area contributed by atoms with Gasteiger partial charge in [-0.15, -0.1) is 11.3 Å². The molecular formula is C15H19FN2OS. The Morgan fingerprint density at radius 1 is 1.45 bits per heavy atom. The van der Waals surface area contributed by atoms with Crippen LogP contribution in [0, 0.1) is 12.7 Å². The van der Waals surface area contributed by atoms with Crippen LogP contribution >= 0.6 is 11.3 Å². The number of hydrogen-bond acceptors (Lipinski definition) is 4. The van der Waals surface area contributed by atoms with Crippen LogP contribution in [0.3, 0.4) is 0 Å². The van der Waals surface area contributed by atoms with Crippen LogP contribution in [0.15, 0.2) is 23.6 Å². The van der Waals surface area contributed by atoms with Gasteiger partial charge in [-0.1, -0.05) is 13.0 Å². The minimum atomic E-state index is -0.334. The van der Waals surface area contributed by atoms with Gasteiger partial charge in [0.1, 0.15) is 6.61 Å². The molecule has 0 bridgehead atoms. The maximum atomic E-state index is 14.0. The summed E-state index contributed by atoms with van der Waals surface area (Å²) in [6.07, 6.45) is 0.